The summed E-state index contributed by atoms with van der Waals surface area (Å²) in [7, 11) is 0. The first-order chi connectivity index (χ1) is 10.00. The molecule has 1 amide bonds. The van der Waals surface area contributed by atoms with Crippen LogP contribution in [-0.2, 0) is 4.79 Å². The van der Waals surface area contributed by atoms with Gasteiger partial charge in [0.05, 0.1) is 6.10 Å². The molecule has 2 N–H and O–H groups in total. The SMILES string of the molecule is CC(C)(C(=O)NCCCN1CCC(O)CC1)C1CCCC1. The fourth-order valence-electron chi connectivity index (χ4n) is 3.71. The predicted octanol–water partition coefficient (Wildman–Crippen LogP) is 2.17. The van der Waals surface area contributed by atoms with Crippen molar-refractivity contribution in [1.29, 1.82) is 0 Å². The average molecular weight is 296 g/mol. The zero-order chi connectivity index (χ0) is 15.3. The number of nitrogens with zero attached hydrogens (tertiary/aromatic N) is 1. The lowest BCUT2D eigenvalue weighted by Gasteiger charge is -2.31. The molecule has 0 aromatic heterocycles. The Balaban J connectivity index is 1.62. The Hall–Kier alpha value is -0.610. The summed E-state index contributed by atoms with van der Waals surface area (Å²) in [5, 5.41) is 12.6. The van der Waals surface area contributed by atoms with E-state index in [9.17, 15) is 9.90 Å². The van der Waals surface area contributed by atoms with E-state index in [0.29, 0.717) is 5.92 Å². The van der Waals surface area contributed by atoms with Gasteiger partial charge in [0.15, 0.2) is 0 Å². The highest BCUT2D eigenvalue weighted by molar-refractivity contribution is 5.82. The molecule has 0 unspecified atom stereocenters. The molecule has 0 aromatic rings. The van der Waals surface area contributed by atoms with Crippen molar-refractivity contribution in [3.05, 3.63) is 0 Å². The lowest BCUT2D eigenvalue weighted by atomic mass is 9.77. The van der Waals surface area contributed by atoms with Crippen molar-refractivity contribution in [2.24, 2.45) is 11.3 Å². The minimum atomic E-state index is -0.217. The molecule has 122 valence electrons. The number of amides is 1. The molecule has 1 heterocycles. The molecule has 1 saturated carbocycles. The topological polar surface area (TPSA) is 52.6 Å². The fraction of sp³-hybridized carbons (Fsp3) is 0.941. The van der Waals surface area contributed by atoms with Crippen molar-refractivity contribution < 1.29 is 9.90 Å². The molecule has 4 heteroatoms. The Labute approximate surface area is 129 Å². The van der Waals surface area contributed by atoms with Crippen LogP contribution in [0.5, 0.6) is 0 Å². The van der Waals surface area contributed by atoms with Gasteiger partial charge in [-0.2, -0.15) is 0 Å². The van der Waals surface area contributed by atoms with Gasteiger partial charge in [-0.1, -0.05) is 26.7 Å². The molecule has 1 aliphatic heterocycles. The van der Waals surface area contributed by atoms with E-state index in [1.807, 2.05) is 0 Å². The van der Waals surface area contributed by atoms with Crippen LogP contribution in [0.25, 0.3) is 0 Å². The number of hydrogen-bond acceptors (Lipinski definition) is 3. The minimum Gasteiger partial charge on any atom is -0.393 e. The van der Waals surface area contributed by atoms with E-state index in [1.165, 1.54) is 25.7 Å². The van der Waals surface area contributed by atoms with Gasteiger partial charge in [-0.15, -0.1) is 0 Å². The highest BCUT2D eigenvalue weighted by Crippen LogP contribution is 2.39. The summed E-state index contributed by atoms with van der Waals surface area (Å²) in [6, 6.07) is 0. The summed E-state index contributed by atoms with van der Waals surface area (Å²) in [5.41, 5.74) is -0.217. The number of hydrogen-bond donors (Lipinski definition) is 2. The first kappa shape index (κ1) is 16.8. The van der Waals surface area contributed by atoms with Crippen LogP contribution in [0.15, 0.2) is 0 Å². The number of likely N-dealkylation sites (tertiary alicyclic amines) is 1. The monoisotopic (exact) mass is 296 g/mol. The highest BCUT2D eigenvalue weighted by atomic mass is 16.3. The van der Waals surface area contributed by atoms with Gasteiger partial charge in [-0.05, 0) is 44.6 Å². The second kappa shape index (κ2) is 7.59. The molecule has 0 radical (unpaired) electrons. The first-order valence-corrected chi connectivity index (χ1v) is 8.69. The van der Waals surface area contributed by atoms with Gasteiger partial charge < -0.3 is 15.3 Å². The number of rotatable bonds is 6. The quantitative estimate of drug-likeness (QED) is 0.739. The molecular formula is C17H32N2O2. The maximum atomic E-state index is 12.4. The van der Waals surface area contributed by atoms with Gasteiger partial charge in [0.2, 0.25) is 5.91 Å². The van der Waals surface area contributed by atoms with Crippen LogP contribution in [-0.4, -0.2) is 48.2 Å². The second-order valence-corrected chi connectivity index (χ2v) is 7.39. The van der Waals surface area contributed by atoms with Crippen molar-refractivity contribution in [3.63, 3.8) is 0 Å². The molecule has 1 saturated heterocycles. The molecule has 0 bridgehead atoms. The van der Waals surface area contributed by atoms with Crippen LogP contribution >= 0.6 is 0 Å². The van der Waals surface area contributed by atoms with Crippen molar-refractivity contribution >= 4 is 5.91 Å². The number of piperidine rings is 1. The van der Waals surface area contributed by atoms with Gasteiger partial charge in [-0.25, -0.2) is 0 Å². The Kier molecular flexibility index (Phi) is 6.06. The van der Waals surface area contributed by atoms with Crippen LogP contribution in [0, 0.1) is 11.3 Å². The molecule has 0 spiro atoms. The molecule has 1 aliphatic carbocycles. The third kappa shape index (κ3) is 4.68. The van der Waals surface area contributed by atoms with E-state index >= 15 is 0 Å². The third-order valence-corrected chi connectivity index (χ3v) is 5.45. The number of nitrogens with one attached hydrogen (secondary N) is 1. The summed E-state index contributed by atoms with van der Waals surface area (Å²) in [6.07, 6.45) is 7.65. The lowest BCUT2D eigenvalue weighted by Crippen LogP contribution is -2.42. The fourth-order valence-corrected chi connectivity index (χ4v) is 3.71. The predicted molar refractivity (Wildman–Crippen MR) is 85.0 cm³/mol. The van der Waals surface area contributed by atoms with Crippen LogP contribution in [0.3, 0.4) is 0 Å². The van der Waals surface area contributed by atoms with E-state index in [0.717, 1.165) is 45.4 Å². The summed E-state index contributed by atoms with van der Waals surface area (Å²) >= 11 is 0. The van der Waals surface area contributed by atoms with Gasteiger partial charge in [0, 0.05) is 25.0 Å². The summed E-state index contributed by atoms with van der Waals surface area (Å²) in [4.78, 5) is 14.8. The summed E-state index contributed by atoms with van der Waals surface area (Å²) in [5.74, 6) is 0.782. The van der Waals surface area contributed by atoms with Gasteiger partial charge >= 0.3 is 0 Å². The highest BCUT2D eigenvalue weighted by Gasteiger charge is 2.37. The van der Waals surface area contributed by atoms with E-state index < -0.39 is 0 Å². The lowest BCUT2D eigenvalue weighted by molar-refractivity contribution is -0.132. The second-order valence-electron chi connectivity index (χ2n) is 7.39. The maximum absolute atomic E-state index is 12.4. The number of carbonyl (C=O) groups excluding carboxylic acids is 1. The van der Waals surface area contributed by atoms with Crippen molar-refractivity contribution in [2.75, 3.05) is 26.2 Å². The van der Waals surface area contributed by atoms with Gasteiger partial charge in [-0.3, -0.25) is 4.79 Å². The maximum Gasteiger partial charge on any atom is 0.225 e. The van der Waals surface area contributed by atoms with Crippen molar-refractivity contribution in [1.82, 2.24) is 10.2 Å². The van der Waals surface area contributed by atoms with E-state index in [1.54, 1.807) is 0 Å². The number of aliphatic hydroxyl groups excluding tert-OH is 1. The molecular weight excluding hydrogens is 264 g/mol. The largest absolute Gasteiger partial charge is 0.393 e. The van der Waals surface area contributed by atoms with Crippen LogP contribution in [0.1, 0.15) is 58.8 Å². The zero-order valence-electron chi connectivity index (χ0n) is 13.7. The molecule has 0 aromatic carbocycles. The van der Waals surface area contributed by atoms with Gasteiger partial charge in [0.1, 0.15) is 0 Å². The molecule has 21 heavy (non-hydrogen) atoms. The van der Waals surface area contributed by atoms with Gasteiger partial charge in [0.25, 0.3) is 0 Å². The normalized spacial score (nSPS) is 22.6. The van der Waals surface area contributed by atoms with Crippen molar-refractivity contribution in [3.8, 4) is 0 Å². The van der Waals surface area contributed by atoms with Crippen molar-refractivity contribution in [2.45, 2.75) is 64.9 Å². The first-order valence-electron chi connectivity index (χ1n) is 8.69. The minimum absolute atomic E-state index is 0.104. The van der Waals surface area contributed by atoms with Crippen LogP contribution in [0.4, 0.5) is 0 Å². The number of aliphatic hydroxyl groups is 1. The average Bonchev–Trinajstić information content (AvgIpc) is 3.00. The summed E-state index contributed by atoms with van der Waals surface area (Å²) in [6.45, 7) is 7.98. The van der Waals surface area contributed by atoms with Crippen LogP contribution < -0.4 is 5.32 Å². The molecule has 2 fully saturated rings. The van der Waals surface area contributed by atoms with E-state index in [-0.39, 0.29) is 17.4 Å². The molecule has 0 atom stereocenters. The standard InChI is InChI=1S/C17H32N2O2/c1-17(2,14-6-3-4-7-14)16(21)18-10-5-11-19-12-8-15(20)9-13-19/h14-15,20H,3-13H2,1-2H3,(H,18,21). The third-order valence-electron chi connectivity index (χ3n) is 5.45. The Morgan fingerprint density at radius 3 is 2.43 bits per heavy atom. The number of carbonyl (C=O) groups is 1. The zero-order valence-corrected chi connectivity index (χ0v) is 13.7. The Morgan fingerprint density at radius 2 is 1.81 bits per heavy atom. The summed E-state index contributed by atoms with van der Waals surface area (Å²) < 4.78 is 0. The molecule has 4 nitrogen and oxygen atoms in total. The Morgan fingerprint density at radius 1 is 1.19 bits per heavy atom. The van der Waals surface area contributed by atoms with Crippen LogP contribution in [0.2, 0.25) is 0 Å². The van der Waals surface area contributed by atoms with E-state index in [2.05, 4.69) is 24.1 Å². The molecule has 2 aliphatic rings. The van der Waals surface area contributed by atoms with E-state index in [4.69, 9.17) is 0 Å². The smallest absolute Gasteiger partial charge is 0.225 e. The molecule has 2 rings (SSSR count). The Bertz CT molecular complexity index is 330.